The quantitative estimate of drug-likeness (QED) is 0.519. The van der Waals surface area contributed by atoms with Crippen molar-refractivity contribution < 1.29 is 9.90 Å². The Kier molecular flexibility index (Phi) is 4.07. The molecule has 0 atom stereocenters. The Bertz CT molecular complexity index is 876. The third-order valence-electron chi connectivity index (χ3n) is 3.46. The monoisotopic (exact) mass is 352 g/mol. The molecule has 0 fully saturated rings. The SMILES string of the molecule is O=C(C=Cc1cccc2ccccc12)c1cc(Br)ccc1O. The first kappa shape index (κ1) is 14.5. The van der Waals surface area contributed by atoms with Gasteiger partial charge in [0.15, 0.2) is 5.78 Å². The molecular weight excluding hydrogens is 340 g/mol. The van der Waals surface area contributed by atoms with Gasteiger partial charge in [0.1, 0.15) is 5.75 Å². The van der Waals surface area contributed by atoms with Crippen molar-refractivity contribution in [1.82, 2.24) is 0 Å². The van der Waals surface area contributed by atoms with Gasteiger partial charge in [-0.3, -0.25) is 4.79 Å². The second-order valence-corrected chi connectivity index (χ2v) is 5.84. The van der Waals surface area contributed by atoms with Gasteiger partial charge in [-0.25, -0.2) is 0 Å². The van der Waals surface area contributed by atoms with E-state index in [1.54, 1.807) is 18.2 Å². The molecule has 0 aliphatic heterocycles. The van der Waals surface area contributed by atoms with Crippen molar-refractivity contribution in [3.05, 3.63) is 82.3 Å². The topological polar surface area (TPSA) is 37.3 Å². The van der Waals surface area contributed by atoms with Crippen molar-refractivity contribution >= 4 is 38.6 Å². The molecule has 3 aromatic carbocycles. The fourth-order valence-corrected chi connectivity index (χ4v) is 2.72. The number of hydrogen-bond donors (Lipinski definition) is 1. The molecule has 0 aliphatic carbocycles. The van der Waals surface area contributed by atoms with Crippen molar-refractivity contribution in [2.75, 3.05) is 0 Å². The van der Waals surface area contributed by atoms with Gasteiger partial charge in [0.2, 0.25) is 0 Å². The van der Waals surface area contributed by atoms with Gasteiger partial charge >= 0.3 is 0 Å². The first-order chi connectivity index (χ1) is 10.6. The molecule has 0 amide bonds. The summed E-state index contributed by atoms with van der Waals surface area (Å²) < 4.78 is 0.757. The Morgan fingerprint density at radius 2 is 1.77 bits per heavy atom. The van der Waals surface area contributed by atoms with E-state index in [2.05, 4.69) is 15.9 Å². The molecule has 0 bridgehead atoms. The maximum Gasteiger partial charge on any atom is 0.189 e. The molecule has 0 aromatic heterocycles. The minimum absolute atomic E-state index is 0.0178. The molecule has 22 heavy (non-hydrogen) atoms. The van der Waals surface area contributed by atoms with E-state index in [1.807, 2.05) is 42.5 Å². The van der Waals surface area contributed by atoms with E-state index in [9.17, 15) is 9.90 Å². The number of phenols is 1. The van der Waals surface area contributed by atoms with E-state index in [-0.39, 0.29) is 17.1 Å². The van der Waals surface area contributed by atoms with Crippen molar-refractivity contribution in [2.24, 2.45) is 0 Å². The van der Waals surface area contributed by atoms with Gasteiger partial charge in [-0.05, 0) is 40.6 Å². The first-order valence-electron chi connectivity index (χ1n) is 6.84. The zero-order valence-corrected chi connectivity index (χ0v) is 13.2. The van der Waals surface area contributed by atoms with Crippen LogP contribution in [0, 0.1) is 0 Å². The average molecular weight is 353 g/mol. The zero-order valence-electron chi connectivity index (χ0n) is 11.7. The van der Waals surface area contributed by atoms with Crippen LogP contribution in [0.15, 0.2) is 71.2 Å². The maximum atomic E-state index is 12.3. The summed E-state index contributed by atoms with van der Waals surface area (Å²) in [6, 6.07) is 18.8. The summed E-state index contributed by atoms with van der Waals surface area (Å²) in [5, 5.41) is 12.0. The van der Waals surface area contributed by atoms with Gasteiger partial charge in [-0.15, -0.1) is 0 Å². The van der Waals surface area contributed by atoms with Gasteiger partial charge in [-0.2, -0.15) is 0 Å². The number of allylic oxidation sites excluding steroid dienone is 1. The number of carbonyl (C=O) groups is 1. The Balaban J connectivity index is 1.96. The molecule has 3 heteroatoms. The lowest BCUT2D eigenvalue weighted by Crippen LogP contribution is -1.94. The molecule has 1 N–H and O–H groups in total. The number of fused-ring (bicyclic) bond motifs is 1. The van der Waals surface area contributed by atoms with Crippen molar-refractivity contribution in [3.8, 4) is 5.75 Å². The van der Waals surface area contributed by atoms with Crippen LogP contribution < -0.4 is 0 Å². The van der Waals surface area contributed by atoms with Gasteiger partial charge in [0, 0.05) is 4.47 Å². The zero-order chi connectivity index (χ0) is 15.5. The molecular formula is C19H13BrO2. The Morgan fingerprint density at radius 1 is 1.00 bits per heavy atom. The number of hydrogen-bond acceptors (Lipinski definition) is 2. The maximum absolute atomic E-state index is 12.3. The molecule has 0 saturated heterocycles. The second kappa shape index (κ2) is 6.16. The number of rotatable bonds is 3. The summed E-state index contributed by atoms with van der Waals surface area (Å²) in [7, 11) is 0. The van der Waals surface area contributed by atoms with Crippen LogP contribution in [0.3, 0.4) is 0 Å². The minimum atomic E-state index is -0.230. The summed E-state index contributed by atoms with van der Waals surface area (Å²) in [6.45, 7) is 0. The van der Waals surface area contributed by atoms with Crippen molar-refractivity contribution in [2.45, 2.75) is 0 Å². The number of ketones is 1. The highest BCUT2D eigenvalue weighted by molar-refractivity contribution is 9.10. The Hall–Kier alpha value is -2.39. The molecule has 0 heterocycles. The van der Waals surface area contributed by atoms with Crippen molar-refractivity contribution in [1.29, 1.82) is 0 Å². The number of halogens is 1. The van der Waals surface area contributed by atoms with E-state index >= 15 is 0 Å². The van der Waals surface area contributed by atoms with Crippen LogP contribution in [-0.4, -0.2) is 10.9 Å². The van der Waals surface area contributed by atoms with Crippen LogP contribution >= 0.6 is 15.9 Å². The van der Waals surface area contributed by atoms with E-state index in [1.165, 1.54) is 12.1 Å². The Labute approximate surface area is 136 Å². The van der Waals surface area contributed by atoms with Crippen LogP contribution in [0.5, 0.6) is 5.75 Å². The lowest BCUT2D eigenvalue weighted by atomic mass is 10.0. The first-order valence-corrected chi connectivity index (χ1v) is 7.63. The number of benzene rings is 3. The Morgan fingerprint density at radius 3 is 2.64 bits per heavy atom. The molecule has 108 valence electrons. The molecule has 0 unspecified atom stereocenters. The van der Waals surface area contributed by atoms with Crippen LogP contribution in [0.2, 0.25) is 0 Å². The minimum Gasteiger partial charge on any atom is -0.507 e. The lowest BCUT2D eigenvalue weighted by Gasteiger charge is -2.03. The van der Waals surface area contributed by atoms with E-state index < -0.39 is 0 Å². The molecule has 0 aliphatic rings. The van der Waals surface area contributed by atoms with E-state index in [0.717, 1.165) is 20.8 Å². The van der Waals surface area contributed by atoms with Gasteiger partial charge in [0.05, 0.1) is 5.56 Å². The second-order valence-electron chi connectivity index (χ2n) is 4.93. The van der Waals surface area contributed by atoms with Gasteiger partial charge in [0.25, 0.3) is 0 Å². The van der Waals surface area contributed by atoms with Gasteiger partial charge < -0.3 is 5.11 Å². The fraction of sp³-hybridized carbons (Fsp3) is 0. The highest BCUT2D eigenvalue weighted by atomic mass is 79.9. The predicted molar refractivity (Wildman–Crippen MR) is 93.1 cm³/mol. The summed E-state index contributed by atoms with van der Waals surface area (Å²) in [4.78, 5) is 12.3. The van der Waals surface area contributed by atoms with Crippen LogP contribution in [0.1, 0.15) is 15.9 Å². The largest absolute Gasteiger partial charge is 0.507 e. The fourth-order valence-electron chi connectivity index (χ4n) is 2.36. The molecule has 3 aromatic rings. The van der Waals surface area contributed by atoms with Crippen LogP contribution in [0.25, 0.3) is 16.8 Å². The van der Waals surface area contributed by atoms with Crippen molar-refractivity contribution in [3.63, 3.8) is 0 Å². The molecule has 0 saturated carbocycles. The summed E-state index contributed by atoms with van der Waals surface area (Å²) >= 11 is 3.31. The predicted octanol–water partition coefficient (Wildman–Crippen LogP) is 5.20. The normalized spacial score (nSPS) is 11.1. The smallest absolute Gasteiger partial charge is 0.189 e. The van der Waals surface area contributed by atoms with Gasteiger partial charge in [-0.1, -0.05) is 64.5 Å². The molecule has 0 radical (unpaired) electrons. The van der Waals surface area contributed by atoms with E-state index in [0.29, 0.717) is 0 Å². The number of phenolic OH excluding ortho intramolecular Hbond substituents is 1. The highest BCUT2D eigenvalue weighted by Crippen LogP contribution is 2.24. The molecule has 3 rings (SSSR count). The summed E-state index contributed by atoms with van der Waals surface area (Å²) in [5.41, 5.74) is 1.26. The highest BCUT2D eigenvalue weighted by Gasteiger charge is 2.08. The standard InChI is InChI=1S/C19H13BrO2/c20-15-9-11-19(22)17(12-15)18(21)10-8-14-6-3-5-13-4-1-2-7-16(13)14/h1-12,22H. The third kappa shape index (κ3) is 2.95. The third-order valence-corrected chi connectivity index (χ3v) is 3.95. The van der Waals surface area contributed by atoms with Crippen LogP contribution in [0.4, 0.5) is 0 Å². The van der Waals surface area contributed by atoms with Crippen LogP contribution in [-0.2, 0) is 0 Å². The lowest BCUT2D eigenvalue weighted by molar-refractivity contribution is 0.104. The number of carbonyl (C=O) groups excluding carboxylic acids is 1. The number of aromatic hydroxyl groups is 1. The molecule has 0 spiro atoms. The average Bonchev–Trinajstić information content (AvgIpc) is 2.54. The summed E-state index contributed by atoms with van der Waals surface area (Å²) in [6.07, 6.45) is 3.27. The summed E-state index contributed by atoms with van der Waals surface area (Å²) in [5.74, 6) is -0.248. The van der Waals surface area contributed by atoms with E-state index in [4.69, 9.17) is 0 Å². The molecule has 2 nitrogen and oxygen atoms in total.